The zero-order valence-electron chi connectivity index (χ0n) is 20.2. The molecule has 29 heavy (non-hydrogen) atoms. The number of nitrogens with one attached hydrogen (secondary N) is 1. The van der Waals surface area contributed by atoms with Crippen LogP contribution in [0.2, 0.25) is 0 Å². The number of allylic oxidation sites excluding steroid dienone is 2. The first kappa shape index (κ1) is 27.0. The summed E-state index contributed by atoms with van der Waals surface area (Å²) >= 11 is 0. The SMILES string of the molecule is CC(C)/C=C(\F)C(C)C.CC(C)c1cn(C(C)C)nn1.Cc1nc(C(C)C)n[nH]1. The van der Waals surface area contributed by atoms with Gasteiger partial charge in [-0.05, 0) is 32.6 Å². The fourth-order valence-corrected chi connectivity index (χ4v) is 1.94. The van der Waals surface area contributed by atoms with Gasteiger partial charge in [-0.2, -0.15) is 5.10 Å². The number of hydrogen-bond acceptors (Lipinski definition) is 4. The maximum Gasteiger partial charge on any atom is 0.153 e. The Balaban J connectivity index is 0.000000409. The van der Waals surface area contributed by atoms with Crippen LogP contribution >= 0.6 is 0 Å². The van der Waals surface area contributed by atoms with Crippen LogP contribution in [0.15, 0.2) is 18.1 Å². The van der Waals surface area contributed by atoms with E-state index in [1.807, 2.05) is 45.5 Å². The van der Waals surface area contributed by atoms with Crippen LogP contribution in [-0.4, -0.2) is 30.2 Å². The van der Waals surface area contributed by atoms with E-state index in [4.69, 9.17) is 0 Å². The Morgan fingerprint density at radius 3 is 1.79 bits per heavy atom. The molecule has 0 atom stereocenters. The Morgan fingerprint density at radius 1 is 1.00 bits per heavy atom. The molecule has 0 aromatic carbocycles. The van der Waals surface area contributed by atoms with Gasteiger partial charge in [-0.3, -0.25) is 5.10 Å². The summed E-state index contributed by atoms with van der Waals surface area (Å²) in [6, 6.07) is 0.412. The molecular formula is C22H41FN6. The highest BCUT2D eigenvalue weighted by atomic mass is 19.1. The molecule has 0 saturated carbocycles. The van der Waals surface area contributed by atoms with Gasteiger partial charge >= 0.3 is 0 Å². The maximum absolute atomic E-state index is 12.6. The summed E-state index contributed by atoms with van der Waals surface area (Å²) in [7, 11) is 0. The molecule has 2 heterocycles. The summed E-state index contributed by atoms with van der Waals surface area (Å²) in [6.07, 6.45) is 3.67. The van der Waals surface area contributed by atoms with Gasteiger partial charge in [-0.25, -0.2) is 14.1 Å². The lowest BCUT2D eigenvalue weighted by molar-refractivity contribution is 0.508. The van der Waals surface area contributed by atoms with Crippen molar-refractivity contribution in [1.29, 1.82) is 0 Å². The molecule has 7 heteroatoms. The van der Waals surface area contributed by atoms with Crippen LogP contribution in [0.4, 0.5) is 4.39 Å². The topological polar surface area (TPSA) is 72.3 Å². The molecule has 0 bridgehead atoms. The molecule has 0 saturated heterocycles. The van der Waals surface area contributed by atoms with Gasteiger partial charge < -0.3 is 0 Å². The van der Waals surface area contributed by atoms with Crippen molar-refractivity contribution < 1.29 is 4.39 Å². The van der Waals surface area contributed by atoms with E-state index in [9.17, 15) is 4.39 Å². The van der Waals surface area contributed by atoms with Crippen LogP contribution < -0.4 is 0 Å². The Bertz CT molecular complexity index is 688. The third-order valence-corrected chi connectivity index (χ3v) is 3.82. The number of nitrogens with zero attached hydrogens (tertiary/aromatic N) is 5. The van der Waals surface area contributed by atoms with Crippen molar-refractivity contribution in [3.05, 3.63) is 35.4 Å². The van der Waals surface area contributed by atoms with Gasteiger partial charge in [0.15, 0.2) is 5.82 Å². The van der Waals surface area contributed by atoms with E-state index in [-0.39, 0.29) is 11.7 Å². The highest BCUT2D eigenvalue weighted by Crippen LogP contribution is 2.13. The second-order valence-electron chi connectivity index (χ2n) is 8.76. The molecule has 2 aromatic heterocycles. The monoisotopic (exact) mass is 408 g/mol. The quantitative estimate of drug-likeness (QED) is 0.624. The fraction of sp³-hybridized carbons (Fsp3) is 0.727. The van der Waals surface area contributed by atoms with Gasteiger partial charge in [-0.1, -0.05) is 66.7 Å². The zero-order chi connectivity index (χ0) is 22.7. The number of rotatable bonds is 5. The fourth-order valence-electron chi connectivity index (χ4n) is 1.94. The number of aromatic nitrogens is 6. The number of H-pyrrole nitrogens is 1. The van der Waals surface area contributed by atoms with Gasteiger partial charge in [-0.15, -0.1) is 5.10 Å². The van der Waals surface area contributed by atoms with Gasteiger partial charge in [0.05, 0.1) is 11.5 Å². The van der Waals surface area contributed by atoms with E-state index in [0.717, 1.165) is 17.3 Å². The lowest BCUT2D eigenvalue weighted by Gasteiger charge is -2.01. The second-order valence-corrected chi connectivity index (χ2v) is 8.76. The van der Waals surface area contributed by atoms with E-state index < -0.39 is 0 Å². The Labute approximate surface area is 176 Å². The summed E-state index contributed by atoms with van der Waals surface area (Å²) in [6.45, 7) is 22.1. The zero-order valence-corrected chi connectivity index (χ0v) is 20.2. The number of hydrogen-bond donors (Lipinski definition) is 1. The molecule has 0 fully saturated rings. The van der Waals surface area contributed by atoms with Gasteiger partial charge in [0, 0.05) is 24.1 Å². The van der Waals surface area contributed by atoms with Crippen molar-refractivity contribution >= 4 is 0 Å². The van der Waals surface area contributed by atoms with E-state index >= 15 is 0 Å². The first-order chi connectivity index (χ1) is 13.3. The Kier molecular flexibility index (Phi) is 12.3. The smallest absolute Gasteiger partial charge is 0.153 e. The average Bonchev–Trinajstić information content (AvgIpc) is 3.24. The molecule has 0 aliphatic heterocycles. The third-order valence-electron chi connectivity index (χ3n) is 3.82. The van der Waals surface area contributed by atoms with Crippen molar-refractivity contribution in [2.45, 2.75) is 94.0 Å². The highest BCUT2D eigenvalue weighted by Gasteiger charge is 2.06. The molecular weight excluding hydrogens is 367 g/mol. The van der Waals surface area contributed by atoms with E-state index in [0.29, 0.717) is 23.8 Å². The molecule has 166 valence electrons. The number of aryl methyl sites for hydroxylation is 1. The molecule has 0 radical (unpaired) electrons. The van der Waals surface area contributed by atoms with E-state index in [1.54, 1.807) is 6.08 Å². The second kappa shape index (κ2) is 13.2. The molecule has 1 N–H and O–H groups in total. The summed E-state index contributed by atoms with van der Waals surface area (Å²) in [5.74, 6) is 3.06. The van der Waals surface area contributed by atoms with E-state index in [1.165, 1.54) is 0 Å². The van der Waals surface area contributed by atoms with Crippen molar-refractivity contribution in [3.8, 4) is 0 Å². The predicted molar refractivity (Wildman–Crippen MR) is 119 cm³/mol. The lowest BCUT2D eigenvalue weighted by Crippen LogP contribution is -2.00. The highest BCUT2D eigenvalue weighted by molar-refractivity contribution is 4.98. The normalized spacial score (nSPS) is 11.8. The Hall–Kier alpha value is -2.05. The molecule has 0 amide bonds. The van der Waals surface area contributed by atoms with Crippen LogP contribution in [0.3, 0.4) is 0 Å². The van der Waals surface area contributed by atoms with Gasteiger partial charge in [0.1, 0.15) is 5.82 Å². The van der Waals surface area contributed by atoms with E-state index in [2.05, 4.69) is 67.0 Å². The summed E-state index contributed by atoms with van der Waals surface area (Å²) in [5, 5.41) is 14.8. The maximum atomic E-state index is 12.6. The van der Waals surface area contributed by atoms with Gasteiger partial charge in [0.25, 0.3) is 0 Å². The molecule has 0 aliphatic carbocycles. The van der Waals surface area contributed by atoms with Crippen LogP contribution in [-0.2, 0) is 0 Å². The largest absolute Gasteiger partial charge is 0.263 e. The minimum Gasteiger partial charge on any atom is -0.263 e. The molecule has 6 nitrogen and oxygen atoms in total. The van der Waals surface area contributed by atoms with Crippen molar-refractivity contribution in [2.24, 2.45) is 11.8 Å². The van der Waals surface area contributed by atoms with Crippen LogP contribution in [0.1, 0.15) is 104 Å². The van der Waals surface area contributed by atoms with Crippen molar-refractivity contribution in [3.63, 3.8) is 0 Å². The number of halogens is 1. The van der Waals surface area contributed by atoms with Crippen LogP contribution in [0, 0.1) is 18.8 Å². The molecule has 2 rings (SSSR count). The number of aromatic amines is 1. The third kappa shape index (κ3) is 11.5. The van der Waals surface area contributed by atoms with Crippen molar-refractivity contribution in [1.82, 2.24) is 30.2 Å². The average molecular weight is 409 g/mol. The summed E-state index contributed by atoms with van der Waals surface area (Å²) < 4.78 is 14.5. The first-order valence-corrected chi connectivity index (χ1v) is 10.5. The molecule has 2 aromatic rings. The standard InChI is InChI=1S/C8H15F.C8H15N3.C6H11N3/c1-6(2)5-8(9)7(3)4;1-6(2)8-5-11(7(3)4)10-9-8;1-4(2)6-7-5(3)8-9-6/h5-7H,1-4H3;5-7H,1-4H3;4H,1-3H3,(H,7,8,9)/b8-5-;;. The molecule has 0 spiro atoms. The minimum absolute atomic E-state index is 0.00463. The molecule has 0 unspecified atom stereocenters. The minimum atomic E-state index is 0.00463. The Morgan fingerprint density at radius 2 is 1.59 bits per heavy atom. The summed E-state index contributed by atoms with van der Waals surface area (Å²) in [4.78, 5) is 4.14. The predicted octanol–water partition coefficient (Wildman–Crippen LogP) is 6.37. The lowest BCUT2D eigenvalue weighted by atomic mass is 10.1. The van der Waals surface area contributed by atoms with Gasteiger partial charge in [0.2, 0.25) is 0 Å². The van der Waals surface area contributed by atoms with Crippen LogP contribution in [0.25, 0.3) is 0 Å². The van der Waals surface area contributed by atoms with Crippen LogP contribution in [0.5, 0.6) is 0 Å². The summed E-state index contributed by atoms with van der Waals surface area (Å²) in [5.41, 5.74) is 1.07. The first-order valence-electron chi connectivity index (χ1n) is 10.5. The molecule has 0 aliphatic rings. The van der Waals surface area contributed by atoms with Crippen molar-refractivity contribution in [2.75, 3.05) is 0 Å².